The molecule has 3 amide bonds. The Bertz CT molecular complexity index is 964. The molecule has 0 fully saturated rings. The van der Waals surface area contributed by atoms with Crippen LogP contribution >= 0.6 is 11.3 Å². The number of rotatable bonds is 7. The van der Waals surface area contributed by atoms with Crippen molar-refractivity contribution in [2.45, 2.75) is 13.1 Å². The fourth-order valence-corrected chi connectivity index (χ4v) is 3.20. The maximum Gasteiger partial charge on any atom is 0.275 e. The van der Waals surface area contributed by atoms with Crippen LogP contribution in [-0.4, -0.2) is 17.7 Å². The van der Waals surface area contributed by atoms with E-state index >= 15 is 0 Å². The number of nitrogens with one attached hydrogen (secondary N) is 3. The third-order valence-corrected chi connectivity index (χ3v) is 4.94. The Labute approximate surface area is 164 Å². The lowest BCUT2D eigenvalue weighted by atomic mass is 10.1. The van der Waals surface area contributed by atoms with Gasteiger partial charge in [0.25, 0.3) is 17.7 Å². The van der Waals surface area contributed by atoms with Gasteiger partial charge in [0.1, 0.15) is 5.76 Å². The number of nitrogen functional groups attached to an aromatic ring is 1. The molecular formula is C19H18N4O4S. The minimum atomic E-state index is -0.440. The largest absolute Gasteiger partial charge is 0.467 e. The molecule has 0 aliphatic heterocycles. The van der Waals surface area contributed by atoms with Crippen LogP contribution in [0.5, 0.6) is 0 Å². The predicted octanol–water partition coefficient (Wildman–Crippen LogP) is 1.80. The van der Waals surface area contributed by atoms with Crippen molar-refractivity contribution in [3.63, 3.8) is 0 Å². The molecule has 28 heavy (non-hydrogen) atoms. The normalized spacial score (nSPS) is 10.3. The van der Waals surface area contributed by atoms with Crippen molar-refractivity contribution < 1.29 is 18.8 Å². The van der Waals surface area contributed by atoms with Crippen molar-refractivity contribution in [2.24, 2.45) is 5.84 Å². The fourth-order valence-electron chi connectivity index (χ4n) is 2.38. The van der Waals surface area contributed by atoms with Crippen LogP contribution in [0, 0.1) is 0 Å². The van der Waals surface area contributed by atoms with Crippen LogP contribution in [0.1, 0.15) is 41.0 Å². The number of hydrogen-bond donors (Lipinski definition) is 4. The molecule has 3 rings (SSSR count). The average Bonchev–Trinajstić information content (AvgIpc) is 3.42. The summed E-state index contributed by atoms with van der Waals surface area (Å²) in [5.41, 5.74) is 3.38. The van der Waals surface area contributed by atoms with Gasteiger partial charge in [-0.25, -0.2) is 5.84 Å². The topological polar surface area (TPSA) is 126 Å². The van der Waals surface area contributed by atoms with Crippen LogP contribution in [0.25, 0.3) is 0 Å². The van der Waals surface area contributed by atoms with E-state index in [1.54, 1.807) is 48.7 Å². The van der Waals surface area contributed by atoms with Gasteiger partial charge in [-0.15, -0.1) is 11.3 Å². The van der Waals surface area contributed by atoms with E-state index in [9.17, 15) is 14.4 Å². The summed E-state index contributed by atoms with van der Waals surface area (Å²) in [7, 11) is 0. The minimum absolute atomic E-state index is 0.212. The quantitative estimate of drug-likeness (QED) is 0.274. The Kier molecular flexibility index (Phi) is 6.20. The molecule has 9 heteroatoms. The summed E-state index contributed by atoms with van der Waals surface area (Å²) in [6.45, 7) is 0.609. The van der Waals surface area contributed by atoms with Crippen LogP contribution in [0.4, 0.5) is 0 Å². The van der Waals surface area contributed by atoms with Crippen molar-refractivity contribution in [1.29, 1.82) is 0 Å². The third-order valence-electron chi connectivity index (χ3n) is 3.86. The molecule has 1 aromatic carbocycles. The zero-order valence-electron chi connectivity index (χ0n) is 14.7. The molecule has 0 aliphatic carbocycles. The smallest absolute Gasteiger partial charge is 0.275 e. The van der Waals surface area contributed by atoms with Crippen molar-refractivity contribution in [1.82, 2.24) is 16.1 Å². The van der Waals surface area contributed by atoms with Crippen LogP contribution in [0.3, 0.4) is 0 Å². The van der Waals surface area contributed by atoms with E-state index in [4.69, 9.17) is 10.3 Å². The van der Waals surface area contributed by atoms with E-state index in [1.807, 2.05) is 5.43 Å². The molecule has 0 radical (unpaired) electrons. The lowest BCUT2D eigenvalue weighted by Gasteiger charge is -2.06. The monoisotopic (exact) mass is 398 g/mol. The number of hydrogen-bond acceptors (Lipinski definition) is 6. The van der Waals surface area contributed by atoms with Crippen molar-refractivity contribution in [2.75, 3.05) is 0 Å². The molecule has 0 spiro atoms. The summed E-state index contributed by atoms with van der Waals surface area (Å²) < 4.78 is 5.17. The molecule has 144 valence electrons. The maximum absolute atomic E-state index is 12.2. The SMILES string of the molecule is NNC(=O)c1ccc(C(=O)NCc2ccc(C(=O)NCc3ccco3)cc2)s1. The Morgan fingerprint density at radius 3 is 2.18 bits per heavy atom. The summed E-state index contributed by atoms with van der Waals surface area (Å²) in [6, 6.07) is 13.6. The second-order valence-corrected chi connectivity index (χ2v) is 6.86. The predicted molar refractivity (Wildman–Crippen MR) is 103 cm³/mol. The highest BCUT2D eigenvalue weighted by molar-refractivity contribution is 7.15. The van der Waals surface area contributed by atoms with Gasteiger partial charge in [0.15, 0.2) is 0 Å². The zero-order chi connectivity index (χ0) is 19.9. The summed E-state index contributed by atoms with van der Waals surface area (Å²) in [6.07, 6.45) is 1.55. The van der Waals surface area contributed by atoms with E-state index in [-0.39, 0.29) is 11.8 Å². The van der Waals surface area contributed by atoms with Gasteiger partial charge in [0.05, 0.1) is 22.6 Å². The first-order valence-corrected chi connectivity index (χ1v) is 9.17. The van der Waals surface area contributed by atoms with Gasteiger partial charge in [-0.2, -0.15) is 0 Å². The Morgan fingerprint density at radius 1 is 0.857 bits per heavy atom. The third kappa shape index (κ3) is 4.84. The standard InChI is InChI=1S/C19H18N4O4S/c20-23-19(26)16-8-7-15(28-16)18(25)21-10-12-3-5-13(6-4-12)17(24)22-11-14-2-1-9-27-14/h1-9H,10-11,20H2,(H,21,25)(H,22,24)(H,23,26). The van der Waals surface area contributed by atoms with Crippen molar-refractivity contribution in [3.8, 4) is 0 Å². The molecule has 5 N–H and O–H groups in total. The molecule has 0 aliphatic rings. The van der Waals surface area contributed by atoms with E-state index in [0.717, 1.165) is 16.9 Å². The number of amides is 3. The van der Waals surface area contributed by atoms with Crippen molar-refractivity contribution in [3.05, 3.63) is 81.4 Å². The molecule has 8 nitrogen and oxygen atoms in total. The van der Waals surface area contributed by atoms with Crippen LogP contribution in [0.2, 0.25) is 0 Å². The number of carbonyl (C=O) groups is 3. The molecule has 2 heterocycles. The van der Waals surface area contributed by atoms with Crippen LogP contribution in [0.15, 0.2) is 59.2 Å². The number of furan rings is 1. The number of thiophene rings is 1. The second kappa shape index (κ2) is 8.98. The highest BCUT2D eigenvalue weighted by atomic mass is 32.1. The first kappa shape index (κ1) is 19.3. The van der Waals surface area contributed by atoms with Crippen molar-refractivity contribution >= 4 is 29.1 Å². The van der Waals surface area contributed by atoms with Gasteiger partial charge in [0.2, 0.25) is 0 Å². The van der Waals surface area contributed by atoms with E-state index in [0.29, 0.717) is 34.2 Å². The lowest BCUT2D eigenvalue weighted by Crippen LogP contribution is -2.29. The Balaban J connectivity index is 1.51. The number of carbonyl (C=O) groups excluding carboxylic acids is 3. The van der Waals surface area contributed by atoms with Crippen LogP contribution in [-0.2, 0) is 13.1 Å². The fraction of sp³-hybridized carbons (Fsp3) is 0.105. The molecule has 0 atom stereocenters. The van der Waals surface area contributed by atoms with E-state index < -0.39 is 5.91 Å². The minimum Gasteiger partial charge on any atom is -0.467 e. The average molecular weight is 398 g/mol. The molecule has 0 unspecified atom stereocenters. The van der Waals surface area contributed by atoms with Gasteiger partial charge in [0, 0.05) is 12.1 Å². The van der Waals surface area contributed by atoms with Gasteiger partial charge >= 0.3 is 0 Å². The van der Waals surface area contributed by atoms with Gasteiger partial charge in [-0.05, 0) is 42.0 Å². The summed E-state index contributed by atoms with van der Waals surface area (Å²) in [5.74, 6) is 4.81. The first-order chi connectivity index (χ1) is 13.6. The number of benzene rings is 1. The molecular weight excluding hydrogens is 380 g/mol. The first-order valence-electron chi connectivity index (χ1n) is 8.35. The molecule has 2 aromatic heterocycles. The second-order valence-electron chi connectivity index (χ2n) is 5.78. The van der Waals surface area contributed by atoms with Crippen LogP contribution < -0.4 is 21.9 Å². The summed E-state index contributed by atoms with van der Waals surface area (Å²) in [5, 5.41) is 5.54. The maximum atomic E-state index is 12.2. The summed E-state index contributed by atoms with van der Waals surface area (Å²) in [4.78, 5) is 36.5. The summed E-state index contributed by atoms with van der Waals surface area (Å²) >= 11 is 1.05. The van der Waals surface area contributed by atoms with Gasteiger partial charge in [-0.3, -0.25) is 19.8 Å². The zero-order valence-corrected chi connectivity index (χ0v) is 15.5. The highest BCUT2D eigenvalue weighted by Crippen LogP contribution is 2.16. The Morgan fingerprint density at radius 2 is 1.54 bits per heavy atom. The molecule has 0 bridgehead atoms. The molecule has 3 aromatic rings. The Hall–Kier alpha value is -3.43. The highest BCUT2D eigenvalue weighted by Gasteiger charge is 2.13. The lowest BCUT2D eigenvalue weighted by molar-refractivity contribution is 0.0941. The molecule has 0 saturated carbocycles. The number of nitrogens with two attached hydrogens (primary N) is 1. The molecule has 0 saturated heterocycles. The number of hydrazine groups is 1. The van der Waals surface area contributed by atoms with Gasteiger partial charge < -0.3 is 15.1 Å². The van der Waals surface area contributed by atoms with Gasteiger partial charge in [-0.1, -0.05) is 12.1 Å². The van der Waals surface area contributed by atoms with E-state index in [1.165, 1.54) is 6.07 Å². The van der Waals surface area contributed by atoms with E-state index in [2.05, 4.69) is 10.6 Å².